The number of hydrogen-bond acceptors (Lipinski definition) is 4. The molecule has 2 N–H and O–H groups in total. The van der Waals surface area contributed by atoms with Crippen molar-refractivity contribution in [3.8, 4) is 11.5 Å². The average Bonchev–Trinajstić information content (AvgIpc) is 2.16. The third-order valence-corrected chi connectivity index (χ3v) is 1.86. The van der Waals surface area contributed by atoms with E-state index in [2.05, 4.69) is 0 Å². The van der Waals surface area contributed by atoms with Crippen molar-refractivity contribution in [2.75, 3.05) is 7.11 Å². The Labute approximate surface area is 89.6 Å². The van der Waals surface area contributed by atoms with E-state index in [-0.39, 0.29) is 6.10 Å². The number of rotatable bonds is 4. The molecule has 5 heteroatoms. The van der Waals surface area contributed by atoms with E-state index in [4.69, 9.17) is 19.5 Å². The minimum absolute atomic E-state index is 0.0567. The first-order valence-corrected chi connectivity index (χ1v) is 4.76. The summed E-state index contributed by atoms with van der Waals surface area (Å²) in [7, 11) is -0.0513. The van der Waals surface area contributed by atoms with E-state index in [9.17, 15) is 0 Å². The highest BCUT2D eigenvalue weighted by Crippen LogP contribution is 2.25. The topological polar surface area (TPSA) is 58.9 Å². The van der Waals surface area contributed by atoms with Crippen LogP contribution in [-0.4, -0.2) is 30.4 Å². The van der Waals surface area contributed by atoms with Crippen LogP contribution in [-0.2, 0) is 0 Å². The van der Waals surface area contributed by atoms with Gasteiger partial charge in [0.2, 0.25) is 0 Å². The second kappa shape index (κ2) is 5.05. The normalized spacial score (nSPS) is 10.3. The van der Waals surface area contributed by atoms with Crippen molar-refractivity contribution in [1.82, 2.24) is 0 Å². The van der Waals surface area contributed by atoms with Gasteiger partial charge in [-0.3, -0.25) is 0 Å². The molecule has 15 heavy (non-hydrogen) atoms. The highest BCUT2D eigenvalue weighted by molar-refractivity contribution is 6.59. The Kier molecular flexibility index (Phi) is 4.00. The first-order valence-electron chi connectivity index (χ1n) is 4.76. The maximum Gasteiger partial charge on any atom is 0.492 e. The van der Waals surface area contributed by atoms with E-state index in [1.807, 2.05) is 13.8 Å². The minimum atomic E-state index is -1.56. The predicted octanol–water partition coefficient (Wildman–Crippen LogP) is 0.162. The van der Waals surface area contributed by atoms with Crippen LogP contribution in [0.15, 0.2) is 18.2 Å². The van der Waals surface area contributed by atoms with Crippen molar-refractivity contribution >= 4 is 12.6 Å². The van der Waals surface area contributed by atoms with Crippen LogP contribution in [0.25, 0.3) is 0 Å². The number of methoxy groups -OCH3 is 1. The second-order valence-corrected chi connectivity index (χ2v) is 3.42. The molecule has 0 amide bonds. The largest absolute Gasteiger partial charge is 0.493 e. The minimum Gasteiger partial charge on any atom is -0.493 e. The first-order chi connectivity index (χ1) is 7.06. The Bertz CT molecular complexity index is 325. The smallest absolute Gasteiger partial charge is 0.492 e. The van der Waals surface area contributed by atoms with Crippen molar-refractivity contribution in [3.05, 3.63) is 18.2 Å². The fraction of sp³-hybridized carbons (Fsp3) is 0.400. The van der Waals surface area contributed by atoms with Gasteiger partial charge in [0.05, 0.1) is 13.2 Å². The van der Waals surface area contributed by atoms with E-state index in [1.54, 1.807) is 18.2 Å². The number of ether oxygens (including phenoxy) is 2. The molecule has 1 rings (SSSR count). The van der Waals surface area contributed by atoms with Gasteiger partial charge in [0.1, 0.15) is 0 Å². The summed E-state index contributed by atoms with van der Waals surface area (Å²) in [5.41, 5.74) is 0.308. The summed E-state index contributed by atoms with van der Waals surface area (Å²) in [5, 5.41) is 18.3. The van der Waals surface area contributed by atoms with E-state index in [0.717, 1.165) is 0 Å². The van der Waals surface area contributed by atoms with Crippen molar-refractivity contribution in [2.45, 2.75) is 20.0 Å². The zero-order valence-electron chi connectivity index (χ0n) is 9.10. The van der Waals surface area contributed by atoms with E-state index < -0.39 is 7.12 Å². The lowest BCUT2D eigenvalue weighted by Crippen LogP contribution is -2.32. The summed E-state index contributed by atoms with van der Waals surface area (Å²) in [4.78, 5) is 0. The Morgan fingerprint density at radius 2 is 1.93 bits per heavy atom. The second-order valence-electron chi connectivity index (χ2n) is 3.42. The van der Waals surface area contributed by atoms with Gasteiger partial charge in [-0.2, -0.15) is 0 Å². The number of benzene rings is 1. The molecule has 0 fully saturated rings. The van der Waals surface area contributed by atoms with Crippen LogP contribution in [0.4, 0.5) is 0 Å². The van der Waals surface area contributed by atoms with Gasteiger partial charge < -0.3 is 19.5 Å². The summed E-state index contributed by atoms with van der Waals surface area (Å²) in [5.74, 6) is 0.874. The molecule has 1 aromatic rings. The van der Waals surface area contributed by atoms with Crippen molar-refractivity contribution in [2.24, 2.45) is 0 Å². The SMILES string of the molecule is COc1cccc(B(O)O)c1OC(C)C. The third-order valence-electron chi connectivity index (χ3n) is 1.86. The summed E-state index contributed by atoms with van der Waals surface area (Å²) >= 11 is 0. The van der Waals surface area contributed by atoms with Gasteiger partial charge in [-0.05, 0) is 19.9 Å². The lowest BCUT2D eigenvalue weighted by atomic mass is 9.79. The van der Waals surface area contributed by atoms with Gasteiger partial charge in [0.15, 0.2) is 11.5 Å². The highest BCUT2D eigenvalue weighted by atomic mass is 16.5. The summed E-state index contributed by atoms with van der Waals surface area (Å²) in [6, 6.07) is 4.98. The molecular formula is C10H15BO4. The molecule has 0 aliphatic carbocycles. The zero-order valence-corrected chi connectivity index (χ0v) is 9.10. The summed E-state index contributed by atoms with van der Waals surface area (Å²) < 4.78 is 10.6. The van der Waals surface area contributed by atoms with Crippen LogP contribution in [0.2, 0.25) is 0 Å². The zero-order chi connectivity index (χ0) is 11.4. The molecule has 0 heterocycles. The number of para-hydroxylation sites is 1. The molecule has 0 bridgehead atoms. The van der Waals surface area contributed by atoms with Crippen LogP contribution >= 0.6 is 0 Å². The Balaban J connectivity index is 3.14. The van der Waals surface area contributed by atoms with Crippen molar-refractivity contribution < 1.29 is 19.5 Å². The standard InChI is InChI=1S/C10H15BO4/c1-7(2)15-10-8(11(12)13)5-4-6-9(10)14-3/h4-7,12-13H,1-3H3. The molecule has 4 nitrogen and oxygen atoms in total. The molecule has 0 unspecified atom stereocenters. The maximum atomic E-state index is 9.16. The van der Waals surface area contributed by atoms with Crippen LogP contribution < -0.4 is 14.9 Å². The lowest BCUT2D eigenvalue weighted by Gasteiger charge is -2.16. The van der Waals surface area contributed by atoms with Gasteiger partial charge in [-0.1, -0.05) is 12.1 Å². The van der Waals surface area contributed by atoms with Crippen LogP contribution in [0.3, 0.4) is 0 Å². The van der Waals surface area contributed by atoms with Crippen molar-refractivity contribution in [3.63, 3.8) is 0 Å². The molecule has 0 aromatic heterocycles. The first kappa shape index (κ1) is 11.9. The van der Waals surface area contributed by atoms with Gasteiger partial charge in [0.25, 0.3) is 0 Å². The van der Waals surface area contributed by atoms with Gasteiger partial charge >= 0.3 is 7.12 Å². The van der Waals surface area contributed by atoms with Gasteiger partial charge in [0, 0.05) is 5.46 Å². The summed E-state index contributed by atoms with van der Waals surface area (Å²) in [6.45, 7) is 3.72. The average molecular weight is 210 g/mol. The molecule has 0 saturated heterocycles. The van der Waals surface area contributed by atoms with Gasteiger partial charge in [-0.25, -0.2) is 0 Å². The maximum absolute atomic E-state index is 9.16. The highest BCUT2D eigenvalue weighted by Gasteiger charge is 2.21. The Morgan fingerprint density at radius 3 is 2.40 bits per heavy atom. The Hall–Kier alpha value is -1.20. The summed E-state index contributed by atoms with van der Waals surface area (Å²) in [6.07, 6.45) is -0.0567. The van der Waals surface area contributed by atoms with Crippen molar-refractivity contribution in [1.29, 1.82) is 0 Å². The number of hydrogen-bond donors (Lipinski definition) is 2. The molecule has 0 aliphatic rings. The van der Waals surface area contributed by atoms with Crippen LogP contribution in [0, 0.1) is 0 Å². The predicted molar refractivity (Wildman–Crippen MR) is 58.6 cm³/mol. The third kappa shape index (κ3) is 2.87. The van der Waals surface area contributed by atoms with Gasteiger partial charge in [-0.15, -0.1) is 0 Å². The fourth-order valence-electron chi connectivity index (χ4n) is 1.26. The fourth-order valence-corrected chi connectivity index (χ4v) is 1.26. The molecule has 0 atom stereocenters. The lowest BCUT2D eigenvalue weighted by molar-refractivity contribution is 0.231. The molecule has 0 spiro atoms. The molecule has 1 aromatic carbocycles. The van der Waals surface area contributed by atoms with E-state index >= 15 is 0 Å². The van der Waals surface area contributed by atoms with E-state index in [0.29, 0.717) is 17.0 Å². The van der Waals surface area contributed by atoms with Crippen LogP contribution in [0.1, 0.15) is 13.8 Å². The molecule has 0 saturated carbocycles. The monoisotopic (exact) mass is 210 g/mol. The molecule has 82 valence electrons. The molecule has 0 radical (unpaired) electrons. The van der Waals surface area contributed by atoms with Crippen LogP contribution in [0.5, 0.6) is 11.5 Å². The molecular weight excluding hydrogens is 195 g/mol. The van der Waals surface area contributed by atoms with E-state index in [1.165, 1.54) is 7.11 Å². The molecule has 0 aliphatic heterocycles. The quantitative estimate of drug-likeness (QED) is 0.695. The Morgan fingerprint density at radius 1 is 1.27 bits per heavy atom.